The number of halogens is 2. The van der Waals surface area contributed by atoms with Gasteiger partial charge >= 0.3 is 0 Å². The number of likely N-dealkylation sites (tertiary alicyclic amines) is 1. The Bertz CT molecular complexity index is 504. The molecule has 0 aliphatic carbocycles. The van der Waals surface area contributed by atoms with E-state index in [-0.39, 0.29) is 29.1 Å². The number of nitrogens with two attached hydrogens (primary N) is 1. The van der Waals surface area contributed by atoms with E-state index >= 15 is 0 Å². The lowest BCUT2D eigenvalue weighted by Crippen LogP contribution is -2.48. The highest BCUT2D eigenvalue weighted by Gasteiger charge is 2.29. The van der Waals surface area contributed by atoms with Gasteiger partial charge in [0.25, 0.3) is 5.91 Å². The molecule has 104 valence electrons. The number of hydrogen-bond acceptors (Lipinski definition) is 2. The molecule has 1 aromatic rings. The predicted molar refractivity (Wildman–Crippen MR) is 68.8 cm³/mol. The first-order valence-corrected chi connectivity index (χ1v) is 6.42. The smallest absolute Gasteiger partial charge is 0.257 e. The number of carbonyl (C=O) groups is 1. The number of carbonyl (C=O) groups excluding carboxylic acids is 1. The Morgan fingerprint density at radius 3 is 2.68 bits per heavy atom. The molecule has 2 N–H and O–H groups in total. The second-order valence-corrected chi connectivity index (χ2v) is 5.21. The standard InChI is InChI=1S/C14H18F2N2O/c1-8-5-11(13(16)7-12(8)15)14(19)18-4-3-10(17)6-9(18)2/h5,7,9-10H,3-4,6,17H2,1-2H3/t9-,10+/m1/s1. The van der Waals surface area contributed by atoms with E-state index < -0.39 is 11.6 Å². The number of hydrogen-bond donors (Lipinski definition) is 1. The van der Waals surface area contributed by atoms with E-state index in [4.69, 9.17) is 5.73 Å². The second-order valence-electron chi connectivity index (χ2n) is 5.21. The Balaban J connectivity index is 2.27. The second kappa shape index (κ2) is 5.25. The Labute approximate surface area is 111 Å². The summed E-state index contributed by atoms with van der Waals surface area (Å²) in [5, 5.41) is 0. The van der Waals surface area contributed by atoms with E-state index in [2.05, 4.69) is 0 Å². The van der Waals surface area contributed by atoms with Crippen molar-refractivity contribution in [2.75, 3.05) is 6.54 Å². The fraction of sp³-hybridized carbons (Fsp3) is 0.500. The third-order valence-corrected chi connectivity index (χ3v) is 3.66. The van der Waals surface area contributed by atoms with Gasteiger partial charge in [0.15, 0.2) is 0 Å². The van der Waals surface area contributed by atoms with Crippen LogP contribution in [0.2, 0.25) is 0 Å². The first-order valence-electron chi connectivity index (χ1n) is 6.42. The van der Waals surface area contributed by atoms with Gasteiger partial charge in [0, 0.05) is 24.7 Å². The lowest BCUT2D eigenvalue weighted by Gasteiger charge is -2.36. The van der Waals surface area contributed by atoms with E-state index in [0.29, 0.717) is 19.4 Å². The fourth-order valence-corrected chi connectivity index (χ4v) is 2.49. The highest BCUT2D eigenvalue weighted by molar-refractivity contribution is 5.95. The van der Waals surface area contributed by atoms with Gasteiger partial charge in [0.1, 0.15) is 11.6 Å². The minimum atomic E-state index is -0.810. The maximum Gasteiger partial charge on any atom is 0.257 e. The average molecular weight is 268 g/mol. The molecule has 1 aliphatic heterocycles. The normalized spacial score (nSPS) is 23.5. The monoisotopic (exact) mass is 268 g/mol. The van der Waals surface area contributed by atoms with Crippen LogP contribution in [0.15, 0.2) is 12.1 Å². The number of rotatable bonds is 1. The predicted octanol–water partition coefficient (Wildman–Crippen LogP) is 2.23. The third-order valence-electron chi connectivity index (χ3n) is 3.66. The largest absolute Gasteiger partial charge is 0.336 e. The maximum atomic E-state index is 13.7. The van der Waals surface area contributed by atoms with Crippen molar-refractivity contribution in [3.8, 4) is 0 Å². The molecule has 2 atom stereocenters. The molecule has 0 unspecified atom stereocenters. The molecule has 19 heavy (non-hydrogen) atoms. The summed E-state index contributed by atoms with van der Waals surface area (Å²) in [4.78, 5) is 13.9. The highest BCUT2D eigenvalue weighted by Crippen LogP contribution is 2.21. The number of piperidine rings is 1. The van der Waals surface area contributed by atoms with Crippen LogP contribution in [0.1, 0.15) is 35.7 Å². The quantitative estimate of drug-likeness (QED) is 0.849. The van der Waals surface area contributed by atoms with Crippen LogP contribution in [0, 0.1) is 18.6 Å². The molecule has 1 fully saturated rings. The zero-order valence-electron chi connectivity index (χ0n) is 11.1. The molecule has 1 aliphatic rings. The summed E-state index contributed by atoms with van der Waals surface area (Å²) in [7, 11) is 0. The summed E-state index contributed by atoms with van der Waals surface area (Å²) in [6.45, 7) is 3.92. The van der Waals surface area contributed by atoms with Gasteiger partial charge in [-0.2, -0.15) is 0 Å². The summed E-state index contributed by atoms with van der Waals surface area (Å²) in [5.41, 5.74) is 6.04. The van der Waals surface area contributed by atoms with Crippen LogP contribution in [0.3, 0.4) is 0 Å². The molecule has 1 saturated heterocycles. The SMILES string of the molecule is Cc1cc(C(=O)N2CC[C@H](N)C[C@H]2C)c(F)cc1F. The van der Waals surface area contributed by atoms with Gasteiger partial charge < -0.3 is 10.6 Å². The number of nitrogens with zero attached hydrogens (tertiary/aromatic N) is 1. The maximum absolute atomic E-state index is 13.7. The van der Waals surface area contributed by atoms with Crippen LogP contribution < -0.4 is 5.73 Å². The van der Waals surface area contributed by atoms with E-state index in [9.17, 15) is 13.6 Å². The molecule has 0 spiro atoms. The van der Waals surface area contributed by atoms with Crippen LogP contribution in [0.4, 0.5) is 8.78 Å². The summed E-state index contributed by atoms with van der Waals surface area (Å²) in [6.07, 6.45) is 1.41. The van der Waals surface area contributed by atoms with Crippen molar-refractivity contribution < 1.29 is 13.6 Å². The third kappa shape index (κ3) is 2.76. The molecular formula is C14H18F2N2O. The van der Waals surface area contributed by atoms with Crippen molar-refractivity contribution in [3.05, 3.63) is 34.9 Å². The first-order chi connectivity index (χ1) is 8.90. The summed E-state index contributed by atoms with van der Waals surface area (Å²) in [5.74, 6) is -1.84. The summed E-state index contributed by atoms with van der Waals surface area (Å²) >= 11 is 0. The Morgan fingerprint density at radius 2 is 2.05 bits per heavy atom. The summed E-state index contributed by atoms with van der Waals surface area (Å²) in [6, 6.07) is 2.09. The van der Waals surface area contributed by atoms with Gasteiger partial charge in [-0.25, -0.2) is 8.78 Å². The lowest BCUT2D eigenvalue weighted by atomic mass is 9.97. The van der Waals surface area contributed by atoms with E-state index in [1.807, 2.05) is 6.92 Å². The van der Waals surface area contributed by atoms with Crippen LogP contribution >= 0.6 is 0 Å². The zero-order valence-corrected chi connectivity index (χ0v) is 11.1. The molecule has 0 bridgehead atoms. The van der Waals surface area contributed by atoms with Crippen molar-refractivity contribution in [1.82, 2.24) is 4.90 Å². The number of aryl methyl sites for hydroxylation is 1. The summed E-state index contributed by atoms with van der Waals surface area (Å²) < 4.78 is 26.9. The van der Waals surface area contributed by atoms with Gasteiger partial charge in [-0.3, -0.25) is 4.79 Å². The molecule has 0 saturated carbocycles. The van der Waals surface area contributed by atoms with E-state index in [0.717, 1.165) is 6.07 Å². The van der Waals surface area contributed by atoms with Crippen molar-refractivity contribution in [2.45, 2.75) is 38.8 Å². The minimum absolute atomic E-state index is 0.0268. The minimum Gasteiger partial charge on any atom is -0.336 e. The highest BCUT2D eigenvalue weighted by atomic mass is 19.1. The van der Waals surface area contributed by atoms with Gasteiger partial charge in [-0.15, -0.1) is 0 Å². The van der Waals surface area contributed by atoms with Gasteiger partial charge in [-0.05, 0) is 38.3 Å². The Morgan fingerprint density at radius 1 is 1.37 bits per heavy atom. The Hall–Kier alpha value is -1.49. The van der Waals surface area contributed by atoms with Gasteiger partial charge in [0.2, 0.25) is 0 Å². The Kier molecular flexibility index (Phi) is 3.85. The fourth-order valence-electron chi connectivity index (χ4n) is 2.49. The lowest BCUT2D eigenvalue weighted by molar-refractivity contribution is 0.0614. The van der Waals surface area contributed by atoms with Gasteiger partial charge in [0.05, 0.1) is 5.56 Å². The topological polar surface area (TPSA) is 46.3 Å². The van der Waals surface area contributed by atoms with E-state index in [1.165, 1.54) is 13.0 Å². The van der Waals surface area contributed by atoms with Gasteiger partial charge in [-0.1, -0.05) is 0 Å². The van der Waals surface area contributed by atoms with Crippen molar-refractivity contribution >= 4 is 5.91 Å². The van der Waals surface area contributed by atoms with Crippen molar-refractivity contribution in [2.24, 2.45) is 5.73 Å². The van der Waals surface area contributed by atoms with Crippen molar-refractivity contribution in [3.63, 3.8) is 0 Å². The molecule has 2 rings (SSSR count). The van der Waals surface area contributed by atoms with E-state index in [1.54, 1.807) is 4.90 Å². The van der Waals surface area contributed by atoms with Crippen LogP contribution in [-0.2, 0) is 0 Å². The molecule has 5 heteroatoms. The molecule has 3 nitrogen and oxygen atoms in total. The van der Waals surface area contributed by atoms with Crippen molar-refractivity contribution in [1.29, 1.82) is 0 Å². The van der Waals surface area contributed by atoms with Crippen LogP contribution in [0.25, 0.3) is 0 Å². The molecule has 1 aromatic carbocycles. The molecule has 1 amide bonds. The number of benzene rings is 1. The number of amides is 1. The first kappa shape index (κ1) is 13.9. The van der Waals surface area contributed by atoms with Crippen LogP contribution in [0.5, 0.6) is 0 Å². The molecule has 0 radical (unpaired) electrons. The molecular weight excluding hydrogens is 250 g/mol. The molecule has 0 aromatic heterocycles. The van der Waals surface area contributed by atoms with Crippen LogP contribution in [-0.4, -0.2) is 29.4 Å². The molecule has 1 heterocycles. The zero-order chi connectivity index (χ0) is 14.2. The average Bonchev–Trinajstić information content (AvgIpc) is 2.33.